The van der Waals surface area contributed by atoms with E-state index in [4.69, 9.17) is 4.74 Å². The zero-order valence-corrected chi connectivity index (χ0v) is 17.0. The molecule has 2 aromatic rings. The van der Waals surface area contributed by atoms with Gasteiger partial charge in [0.05, 0.1) is 17.6 Å². The maximum absolute atomic E-state index is 12.4. The van der Waals surface area contributed by atoms with Crippen LogP contribution in [0.4, 0.5) is 5.69 Å². The third-order valence-electron chi connectivity index (χ3n) is 4.39. The Hall–Kier alpha value is -2.58. The lowest BCUT2D eigenvalue weighted by Gasteiger charge is -2.14. The minimum atomic E-state index is -3.77. The molecule has 7 nitrogen and oxygen atoms in total. The van der Waals surface area contributed by atoms with E-state index in [0.29, 0.717) is 25.1 Å². The largest absolute Gasteiger partial charge is 0.497 e. The van der Waals surface area contributed by atoms with Crippen molar-refractivity contribution in [1.29, 1.82) is 0 Å². The number of carboxylic acid groups (broad SMARTS) is 1. The highest BCUT2D eigenvalue weighted by molar-refractivity contribution is 7.89. The van der Waals surface area contributed by atoms with Gasteiger partial charge in [0.25, 0.3) is 0 Å². The minimum Gasteiger partial charge on any atom is -0.497 e. The Morgan fingerprint density at radius 3 is 2.43 bits per heavy atom. The van der Waals surface area contributed by atoms with Gasteiger partial charge < -0.3 is 15.2 Å². The van der Waals surface area contributed by atoms with E-state index in [-0.39, 0.29) is 16.5 Å². The summed E-state index contributed by atoms with van der Waals surface area (Å²) < 4.78 is 32.5. The molecule has 0 bridgehead atoms. The van der Waals surface area contributed by atoms with Crippen LogP contribution in [0.1, 0.15) is 36.2 Å². The number of benzene rings is 2. The molecule has 2 aromatic carbocycles. The van der Waals surface area contributed by atoms with Gasteiger partial charge in [-0.25, -0.2) is 17.9 Å². The number of anilines is 1. The second-order valence-corrected chi connectivity index (χ2v) is 8.18. The van der Waals surface area contributed by atoms with Gasteiger partial charge in [-0.3, -0.25) is 0 Å². The van der Waals surface area contributed by atoms with Crippen molar-refractivity contribution in [2.45, 2.75) is 37.6 Å². The van der Waals surface area contributed by atoms with E-state index >= 15 is 0 Å². The van der Waals surface area contributed by atoms with Gasteiger partial charge in [0.15, 0.2) is 0 Å². The van der Waals surface area contributed by atoms with Crippen molar-refractivity contribution >= 4 is 21.7 Å². The molecule has 0 fully saturated rings. The van der Waals surface area contributed by atoms with Crippen LogP contribution in [0.15, 0.2) is 47.4 Å². The molecule has 0 heterocycles. The van der Waals surface area contributed by atoms with Crippen LogP contribution in [-0.2, 0) is 16.4 Å². The fourth-order valence-corrected chi connectivity index (χ4v) is 3.92. The number of carbonyl (C=O) groups is 1. The molecule has 2 rings (SSSR count). The fourth-order valence-electron chi connectivity index (χ4n) is 2.57. The summed E-state index contributed by atoms with van der Waals surface area (Å²) in [6.45, 7) is 4.13. The Morgan fingerprint density at radius 1 is 1.18 bits per heavy atom. The number of hydrogen-bond acceptors (Lipinski definition) is 5. The number of sulfonamides is 1. The van der Waals surface area contributed by atoms with E-state index in [0.717, 1.165) is 11.3 Å². The van der Waals surface area contributed by atoms with Crippen molar-refractivity contribution in [2.24, 2.45) is 0 Å². The van der Waals surface area contributed by atoms with Gasteiger partial charge in [-0.2, -0.15) is 0 Å². The van der Waals surface area contributed by atoms with E-state index in [1.807, 2.05) is 31.2 Å². The highest BCUT2D eigenvalue weighted by Gasteiger charge is 2.20. The lowest BCUT2D eigenvalue weighted by Crippen LogP contribution is -2.32. The zero-order valence-electron chi connectivity index (χ0n) is 16.2. The van der Waals surface area contributed by atoms with Crippen LogP contribution in [0.25, 0.3) is 0 Å². The molecule has 0 radical (unpaired) electrons. The fraction of sp³-hybridized carbons (Fsp3) is 0.350. The second kappa shape index (κ2) is 9.57. The van der Waals surface area contributed by atoms with E-state index in [9.17, 15) is 18.3 Å². The maximum atomic E-state index is 12.4. The Labute approximate surface area is 165 Å². The molecule has 0 amide bonds. The standard InChI is InChI=1S/C20H26N2O5S/c1-4-14(2)22-28(25,26)17-9-10-19(18(13-17)20(23)24)21-12-11-15-5-7-16(27-3)8-6-15/h5-10,13-14,21-22H,4,11-12H2,1-3H3,(H,23,24)/t14-/m1/s1. The first kappa shape index (κ1) is 21.7. The summed E-state index contributed by atoms with van der Waals surface area (Å²) in [6.07, 6.45) is 1.31. The van der Waals surface area contributed by atoms with Gasteiger partial charge in [-0.15, -0.1) is 0 Å². The van der Waals surface area contributed by atoms with Crippen molar-refractivity contribution in [3.63, 3.8) is 0 Å². The lowest BCUT2D eigenvalue weighted by molar-refractivity contribution is 0.0697. The molecule has 0 aliphatic carbocycles. The highest BCUT2D eigenvalue weighted by atomic mass is 32.2. The van der Waals surface area contributed by atoms with E-state index in [2.05, 4.69) is 10.0 Å². The van der Waals surface area contributed by atoms with Gasteiger partial charge in [0, 0.05) is 18.3 Å². The summed E-state index contributed by atoms with van der Waals surface area (Å²) in [5.74, 6) is -0.416. The Morgan fingerprint density at radius 2 is 1.86 bits per heavy atom. The van der Waals surface area contributed by atoms with Crippen LogP contribution in [0.3, 0.4) is 0 Å². The average molecular weight is 407 g/mol. The number of aromatic carboxylic acids is 1. The molecule has 152 valence electrons. The molecule has 0 saturated heterocycles. The maximum Gasteiger partial charge on any atom is 0.337 e. The Kier molecular flexibility index (Phi) is 7.42. The van der Waals surface area contributed by atoms with Gasteiger partial charge in [0.2, 0.25) is 10.0 Å². The first-order valence-corrected chi connectivity index (χ1v) is 10.5. The van der Waals surface area contributed by atoms with Crippen LogP contribution in [0.2, 0.25) is 0 Å². The lowest BCUT2D eigenvalue weighted by atomic mass is 10.1. The highest BCUT2D eigenvalue weighted by Crippen LogP contribution is 2.21. The number of rotatable bonds is 10. The van der Waals surface area contributed by atoms with Crippen LogP contribution in [0, 0.1) is 0 Å². The summed E-state index contributed by atoms with van der Waals surface area (Å²) in [5, 5.41) is 12.6. The summed E-state index contributed by atoms with van der Waals surface area (Å²) in [4.78, 5) is 11.5. The molecular weight excluding hydrogens is 380 g/mol. The number of ether oxygens (including phenoxy) is 1. The van der Waals surface area contributed by atoms with E-state index in [1.54, 1.807) is 14.0 Å². The summed E-state index contributed by atoms with van der Waals surface area (Å²) in [6, 6.07) is 11.5. The van der Waals surface area contributed by atoms with Crippen molar-refractivity contribution in [1.82, 2.24) is 4.72 Å². The molecule has 0 aliphatic rings. The monoisotopic (exact) mass is 406 g/mol. The summed E-state index contributed by atoms with van der Waals surface area (Å²) >= 11 is 0. The van der Waals surface area contributed by atoms with Gasteiger partial charge in [-0.05, 0) is 55.7 Å². The molecule has 0 aromatic heterocycles. The summed E-state index contributed by atoms with van der Waals surface area (Å²) in [7, 11) is -2.16. The molecule has 1 atom stereocenters. The van der Waals surface area contributed by atoms with Crippen LogP contribution >= 0.6 is 0 Å². The van der Waals surface area contributed by atoms with Gasteiger partial charge in [0.1, 0.15) is 5.75 Å². The van der Waals surface area contributed by atoms with Gasteiger partial charge >= 0.3 is 5.97 Å². The predicted molar refractivity (Wildman–Crippen MR) is 109 cm³/mol. The molecule has 0 spiro atoms. The van der Waals surface area contributed by atoms with Crippen molar-refractivity contribution in [3.8, 4) is 5.75 Å². The Balaban J connectivity index is 2.12. The van der Waals surface area contributed by atoms with Crippen molar-refractivity contribution in [2.75, 3.05) is 19.0 Å². The number of hydrogen-bond donors (Lipinski definition) is 3. The molecule has 3 N–H and O–H groups in total. The van der Waals surface area contributed by atoms with E-state index < -0.39 is 16.0 Å². The predicted octanol–water partition coefficient (Wildman–Crippen LogP) is 3.12. The number of methoxy groups -OCH3 is 1. The van der Waals surface area contributed by atoms with Crippen LogP contribution < -0.4 is 14.8 Å². The normalized spacial score (nSPS) is 12.4. The minimum absolute atomic E-state index is 0.0640. The molecule has 28 heavy (non-hydrogen) atoms. The molecule has 0 unspecified atom stereocenters. The van der Waals surface area contributed by atoms with Crippen molar-refractivity contribution < 1.29 is 23.1 Å². The van der Waals surface area contributed by atoms with Crippen LogP contribution in [-0.4, -0.2) is 39.2 Å². The average Bonchev–Trinajstić information content (AvgIpc) is 2.68. The smallest absolute Gasteiger partial charge is 0.337 e. The second-order valence-electron chi connectivity index (χ2n) is 6.47. The number of nitrogens with one attached hydrogen (secondary N) is 2. The third kappa shape index (κ3) is 5.71. The zero-order chi connectivity index (χ0) is 20.7. The topological polar surface area (TPSA) is 105 Å². The first-order chi connectivity index (χ1) is 13.3. The quantitative estimate of drug-likeness (QED) is 0.560. The first-order valence-electron chi connectivity index (χ1n) is 9.03. The third-order valence-corrected chi connectivity index (χ3v) is 5.98. The van der Waals surface area contributed by atoms with E-state index in [1.165, 1.54) is 18.2 Å². The molecular formula is C20H26N2O5S. The number of carboxylic acids is 1. The Bertz CT molecular complexity index is 911. The SMILES string of the molecule is CC[C@@H](C)NS(=O)(=O)c1ccc(NCCc2ccc(OC)cc2)c(C(=O)O)c1. The summed E-state index contributed by atoms with van der Waals surface area (Å²) in [5.41, 5.74) is 1.37. The van der Waals surface area contributed by atoms with Crippen LogP contribution in [0.5, 0.6) is 5.75 Å². The molecule has 0 aliphatic heterocycles. The van der Waals surface area contributed by atoms with Gasteiger partial charge in [-0.1, -0.05) is 19.1 Å². The molecule has 8 heteroatoms. The van der Waals surface area contributed by atoms with Crippen molar-refractivity contribution in [3.05, 3.63) is 53.6 Å². The molecule has 0 saturated carbocycles.